The van der Waals surface area contributed by atoms with Crippen LogP contribution >= 0.6 is 0 Å². The smallest absolute Gasteiger partial charge is 0.308 e. The topological polar surface area (TPSA) is 74.7 Å². The predicted molar refractivity (Wildman–Crippen MR) is 63.6 cm³/mol. The monoisotopic (exact) mass is 253 g/mol. The third-order valence-electron chi connectivity index (χ3n) is 4.04. The molecule has 0 spiro atoms. The first-order valence-electron chi connectivity index (χ1n) is 6.61. The molecule has 0 bridgehead atoms. The molecule has 5 heteroatoms. The third-order valence-corrected chi connectivity index (χ3v) is 4.04. The Kier molecular flexibility index (Phi) is 3.68. The van der Waals surface area contributed by atoms with Crippen LogP contribution in [-0.4, -0.2) is 33.8 Å². The van der Waals surface area contributed by atoms with Crippen LogP contribution in [0.4, 0.5) is 0 Å². The summed E-state index contributed by atoms with van der Waals surface area (Å²) in [5, 5.41) is 9.28. The van der Waals surface area contributed by atoms with Crippen LogP contribution in [0.25, 0.3) is 0 Å². The number of hydrogen-bond acceptors (Lipinski definition) is 3. The maximum atomic E-state index is 12.0. The number of nitrogens with zero attached hydrogens (tertiary/aromatic N) is 1. The second-order valence-corrected chi connectivity index (χ2v) is 5.36. The molecule has 100 valence electrons. The summed E-state index contributed by atoms with van der Waals surface area (Å²) in [6.07, 6.45) is 4.14. The predicted octanol–water partition coefficient (Wildman–Crippen LogP) is 1.41. The van der Waals surface area contributed by atoms with Gasteiger partial charge < -0.3 is 5.11 Å². The first kappa shape index (κ1) is 13.1. The fourth-order valence-corrected chi connectivity index (χ4v) is 3.04. The lowest BCUT2D eigenvalue weighted by molar-refractivity contribution is -0.150. The number of likely N-dealkylation sites (tertiary alicyclic amines) is 1. The highest BCUT2D eigenvalue weighted by Gasteiger charge is 2.44. The van der Waals surface area contributed by atoms with Gasteiger partial charge in [0.2, 0.25) is 11.8 Å². The molecule has 1 aliphatic carbocycles. The van der Waals surface area contributed by atoms with Gasteiger partial charge in [0.25, 0.3) is 0 Å². The quantitative estimate of drug-likeness (QED) is 0.596. The van der Waals surface area contributed by atoms with Crippen molar-refractivity contribution in [2.75, 3.05) is 0 Å². The second kappa shape index (κ2) is 5.08. The van der Waals surface area contributed by atoms with E-state index in [-0.39, 0.29) is 24.2 Å². The van der Waals surface area contributed by atoms with Crippen molar-refractivity contribution in [1.29, 1.82) is 0 Å². The number of rotatable bonds is 2. The molecule has 3 unspecified atom stereocenters. The van der Waals surface area contributed by atoms with E-state index < -0.39 is 17.9 Å². The zero-order valence-electron chi connectivity index (χ0n) is 10.6. The van der Waals surface area contributed by atoms with Crippen molar-refractivity contribution >= 4 is 17.8 Å². The minimum atomic E-state index is -0.887. The van der Waals surface area contributed by atoms with Crippen molar-refractivity contribution in [3.63, 3.8) is 0 Å². The fraction of sp³-hybridized carbons (Fsp3) is 0.769. The van der Waals surface area contributed by atoms with Crippen LogP contribution in [0.5, 0.6) is 0 Å². The van der Waals surface area contributed by atoms with Gasteiger partial charge in [0.05, 0.1) is 12.0 Å². The van der Waals surface area contributed by atoms with Gasteiger partial charge in [-0.3, -0.25) is 19.3 Å². The van der Waals surface area contributed by atoms with E-state index in [1.807, 2.05) is 0 Å². The Morgan fingerprint density at radius 2 is 1.89 bits per heavy atom. The molecule has 0 aromatic rings. The fourth-order valence-electron chi connectivity index (χ4n) is 3.04. The summed E-state index contributed by atoms with van der Waals surface area (Å²) < 4.78 is 0. The van der Waals surface area contributed by atoms with Crippen molar-refractivity contribution in [3.05, 3.63) is 0 Å². The van der Waals surface area contributed by atoms with Gasteiger partial charge in [-0.05, 0) is 12.8 Å². The van der Waals surface area contributed by atoms with E-state index in [2.05, 4.69) is 0 Å². The lowest BCUT2D eigenvalue weighted by Gasteiger charge is -2.29. The molecule has 2 fully saturated rings. The normalized spacial score (nSPS) is 33.6. The van der Waals surface area contributed by atoms with Gasteiger partial charge >= 0.3 is 5.97 Å². The molecule has 2 rings (SSSR count). The van der Waals surface area contributed by atoms with Gasteiger partial charge in [0, 0.05) is 12.3 Å². The number of amides is 2. The number of carboxylic acid groups (broad SMARTS) is 1. The Bertz CT molecular complexity index is 379. The van der Waals surface area contributed by atoms with Crippen molar-refractivity contribution in [2.45, 2.75) is 51.5 Å². The minimum Gasteiger partial charge on any atom is -0.481 e. The van der Waals surface area contributed by atoms with Crippen molar-refractivity contribution in [1.82, 2.24) is 4.90 Å². The van der Waals surface area contributed by atoms with Crippen molar-refractivity contribution in [2.24, 2.45) is 11.8 Å². The molecular weight excluding hydrogens is 234 g/mol. The van der Waals surface area contributed by atoms with Gasteiger partial charge in [0.1, 0.15) is 0 Å². The molecule has 18 heavy (non-hydrogen) atoms. The number of aliphatic carboxylic acids is 1. The highest BCUT2D eigenvalue weighted by Crippen LogP contribution is 2.32. The molecule has 1 heterocycles. The molecule has 1 aliphatic heterocycles. The van der Waals surface area contributed by atoms with E-state index in [1.165, 1.54) is 4.90 Å². The zero-order chi connectivity index (χ0) is 13.3. The van der Waals surface area contributed by atoms with Crippen LogP contribution in [0.2, 0.25) is 0 Å². The zero-order valence-corrected chi connectivity index (χ0v) is 10.6. The summed E-state index contributed by atoms with van der Waals surface area (Å²) in [4.78, 5) is 36.5. The van der Waals surface area contributed by atoms with Crippen LogP contribution < -0.4 is 0 Å². The summed E-state index contributed by atoms with van der Waals surface area (Å²) in [7, 11) is 0. The summed E-state index contributed by atoms with van der Waals surface area (Å²) in [5.41, 5.74) is 0. The minimum absolute atomic E-state index is 0.196. The molecule has 5 nitrogen and oxygen atoms in total. The Morgan fingerprint density at radius 3 is 2.44 bits per heavy atom. The third kappa shape index (κ3) is 2.26. The molecule has 3 atom stereocenters. The lowest BCUT2D eigenvalue weighted by atomic mass is 9.93. The van der Waals surface area contributed by atoms with Gasteiger partial charge in [-0.1, -0.05) is 26.2 Å². The van der Waals surface area contributed by atoms with Gasteiger partial charge in [-0.15, -0.1) is 0 Å². The largest absolute Gasteiger partial charge is 0.481 e. The maximum absolute atomic E-state index is 12.0. The number of carboxylic acids is 1. The average Bonchev–Trinajstić information content (AvgIpc) is 2.52. The summed E-state index contributed by atoms with van der Waals surface area (Å²) in [5.74, 6) is -2.17. The van der Waals surface area contributed by atoms with E-state index in [9.17, 15) is 19.5 Å². The molecule has 1 N–H and O–H groups in total. The number of imide groups is 1. The summed E-state index contributed by atoms with van der Waals surface area (Å²) >= 11 is 0. The van der Waals surface area contributed by atoms with Crippen molar-refractivity contribution < 1.29 is 19.5 Å². The van der Waals surface area contributed by atoms with E-state index in [1.54, 1.807) is 6.92 Å². The number of carbonyl (C=O) groups excluding carboxylic acids is 2. The van der Waals surface area contributed by atoms with Gasteiger partial charge in [-0.2, -0.15) is 0 Å². The highest BCUT2D eigenvalue weighted by atomic mass is 16.4. The molecule has 0 aromatic heterocycles. The SMILES string of the molecule is CC1CC(=O)N(C2CCCCCC2C(=O)O)C1=O. The van der Waals surface area contributed by atoms with Crippen LogP contribution in [0, 0.1) is 11.8 Å². The first-order valence-corrected chi connectivity index (χ1v) is 6.61. The van der Waals surface area contributed by atoms with E-state index in [0.29, 0.717) is 12.8 Å². The van der Waals surface area contributed by atoms with Crippen LogP contribution in [0.15, 0.2) is 0 Å². The lowest BCUT2D eigenvalue weighted by Crippen LogP contribution is -2.46. The van der Waals surface area contributed by atoms with Crippen LogP contribution in [-0.2, 0) is 14.4 Å². The average molecular weight is 253 g/mol. The van der Waals surface area contributed by atoms with E-state index in [4.69, 9.17) is 0 Å². The second-order valence-electron chi connectivity index (χ2n) is 5.36. The summed E-state index contributed by atoms with van der Waals surface area (Å²) in [6.45, 7) is 1.73. The van der Waals surface area contributed by atoms with Crippen LogP contribution in [0.1, 0.15) is 45.4 Å². The Balaban J connectivity index is 2.25. The highest BCUT2D eigenvalue weighted by molar-refractivity contribution is 6.04. The summed E-state index contributed by atoms with van der Waals surface area (Å²) in [6, 6.07) is -0.435. The van der Waals surface area contributed by atoms with Gasteiger partial charge in [-0.25, -0.2) is 0 Å². The standard InChI is InChI=1S/C13H19NO4/c1-8-7-11(15)14(12(8)16)10-6-4-2-3-5-9(10)13(17)18/h8-10H,2-7H2,1H3,(H,17,18). The van der Waals surface area contributed by atoms with Crippen molar-refractivity contribution in [3.8, 4) is 0 Å². The Morgan fingerprint density at radius 1 is 1.22 bits per heavy atom. The molecule has 1 saturated carbocycles. The van der Waals surface area contributed by atoms with Crippen LogP contribution in [0.3, 0.4) is 0 Å². The maximum Gasteiger partial charge on any atom is 0.308 e. The van der Waals surface area contributed by atoms with E-state index >= 15 is 0 Å². The van der Waals surface area contributed by atoms with E-state index in [0.717, 1.165) is 19.3 Å². The number of carbonyl (C=O) groups is 3. The molecule has 0 radical (unpaired) electrons. The first-order chi connectivity index (χ1) is 8.52. The molecule has 0 aromatic carbocycles. The van der Waals surface area contributed by atoms with Gasteiger partial charge in [0.15, 0.2) is 0 Å². The molecule has 1 saturated heterocycles. The molecule has 2 amide bonds. The Labute approximate surface area is 106 Å². The molecular formula is C13H19NO4. The Hall–Kier alpha value is -1.39. The number of hydrogen-bond donors (Lipinski definition) is 1. The molecule has 2 aliphatic rings.